The predicted octanol–water partition coefficient (Wildman–Crippen LogP) is 3.00. The van der Waals surface area contributed by atoms with Crippen LogP contribution in [0.4, 0.5) is 0 Å². The zero-order valence-corrected chi connectivity index (χ0v) is 13.7. The van der Waals surface area contributed by atoms with Crippen LogP contribution >= 0.6 is 0 Å². The highest BCUT2D eigenvalue weighted by molar-refractivity contribution is 5.96. The maximum atomic E-state index is 12.5. The first kappa shape index (κ1) is 17.3. The molecule has 0 fully saturated rings. The van der Waals surface area contributed by atoms with Crippen molar-refractivity contribution in [1.82, 2.24) is 5.32 Å². The molecule has 3 heteroatoms. The molecule has 114 valence electrons. The Morgan fingerprint density at radius 1 is 1.24 bits per heavy atom. The summed E-state index contributed by atoms with van der Waals surface area (Å²) in [6.07, 6.45) is 0. The van der Waals surface area contributed by atoms with Crippen molar-refractivity contribution >= 4 is 5.91 Å². The summed E-state index contributed by atoms with van der Waals surface area (Å²) < 4.78 is 0. The molecule has 0 spiro atoms. The number of nitrogens with one attached hydrogen (secondary N) is 1. The van der Waals surface area contributed by atoms with Gasteiger partial charge in [-0.3, -0.25) is 4.79 Å². The van der Waals surface area contributed by atoms with E-state index in [1.807, 2.05) is 51.1 Å². The Balaban J connectivity index is 3.13. The van der Waals surface area contributed by atoms with Crippen LogP contribution in [0.5, 0.6) is 0 Å². The summed E-state index contributed by atoms with van der Waals surface area (Å²) in [6.45, 7) is 13.5. The summed E-state index contributed by atoms with van der Waals surface area (Å²) in [5, 5.41) is 12.1. The smallest absolute Gasteiger partial charge is 0.252 e. The molecule has 0 aromatic heterocycles. The highest BCUT2D eigenvalue weighted by Crippen LogP contribution is 2.39. The SMILES string of the molecule is C=C(C(=O)NC(C)(C)CO)C(C)(c1ccccc1)[C+](C)C. The molecule has 2 N–H and O–H groups in total. The molecule has 21 heavy (non-hydrogen) atoms. The van der Waals surface area contributed by atoms with Crippen LogP contribution in [0, 0.1) is 5.92 Å². The summed E-state index contributed by atoms with van der Waals surface area (Å²) in [5.74, 6) is 0.859. The van der Waals surface area contributed by atoms with E-state index in [0.29, 0.717) is 5.57 Å². The quantitative estimate of drug-likeness (QED) is 0.624. The van der Waals surface area contributed by atoms with E-state index >= 15 is 0 Å². The van der Waals surface area contributed by atoms with Crippen LogP contribution in [-0.4, -0.2) is 23.2 Å². The fraction of sp³-hybridized carbons (Fsp3) is 0.444. The molecule has 0 bridgehead atoms. The number of carbonyl (C=O) groups is 1. The predicted molar refractivity (Wildman–Crippen MR) is 86.8 cm³/mol. The highest BCUT2D eigenvalue weighted by atomic mass is 16.3. The molecular weight excluding hydrogens is 262 g/mol. The van der Waals surface area contributed by atoms with Crippen molar-refractivity contribution in [2.45, 2.75) is 45.6 Å². The van der Waals surface area contributed by atoms with Gasteiger partial charge in [-0.05, 0) is 20.8 Å². The zero-order chi connectivity index (χ0) is 16.3. The molecule has 1 atom stereocenters. The van der Waals surface area contributed by atoms with Crippen molar-refractivity contribution in [1.29, 1.82) is 0 Å². The number of amides is 1. The Morgan fingerprint density at radius 3 is 2.19 bits per heavy atom. The molecule has 1 aromatic carbocycles. The minimum atomic E-state index is -0.667. The number of rotatable bonds is 6. The van der Waals surface area contributed by atoms with E-state index in [0.717, 1.165) is 11.5 Å². The lowest BCUT2D eigenvalue weighted by atomic mass is 9.68. The minimum absolute atomic E-state index is 0.122. The van der Waals surface area contributed by atoms with Gasteiger partial charge in [0.2, 0.25) is 0 Å². The van der Waals surface area contributed by atoms with Gasteiger partial charge in [0.25, 0.3) is 5.91 Å². The largest absolute Gasteiger partial charge is 0.394 e. The number of aliphatic hydroxyl groups excluding tert-OH is 1. The van der Waals surface area contributed by atoms with Gasteiger partial charge in [0.15, 0.2) is 5.41 Å². The van der Waals surface area contributed by atoms with Gasteiger partial charge in [-0.15, -0.1) is 0 Å². The first-order chi connectivity index (χ1) is 9.65. The topological polar surface area (TPSA) is 49.3 Å². The third-order valence-corrected chi connectivity index (χ3v) is 4.08. The fourth-order valence-corrected chi connectivity index (χ4v) is 2.19. The van der Waals surface area contributed by atoms with Crippen LogP contribution in [0.25, 0.3) is 0 Å². The lowest BCUT2D eigenvalue weighted by Gasteiger charge is -2.30. The molecule has 0 aliphatic rings. The molecule has 1 aromatic rings. The molecule has 1 unspecified atom stereocenters. The monoisotopic (exact) mass is 288 g/mol. The molecule has 1 rings (SSSR count). The molecule has 0 saturated heterocycles. The average molecular weight is 288 g/mol. The maximum Gasteiger partial charge on any atom is 0.252 e. The second kappa shape index (κ2) is 6.35. The van der Waals surface area contributed by atoms with Gasteiger partial charge in [-0.2, -0.15) is 0 Å². The zero-order valence-electron chi connectivity index (χ0n) is 13.7. The molecule has 1 amide bonds. The van der Waals surface area contributed by atoms with Crippen molar-refractivity contribution in [2.75, 3.05) is 6.61 Å². The first-order valence-corrected chi connectivity index (χ1v) is 7.14. The number of carbonyl (C=O) groups excluding carboxylic acids is 1. The van der Waals surface area contributed by atoms with Crippen molar-refractivity contribution in [3.05, 3.63) is 54.0 Å². The van der Waals surface area contributed by atoms with Gasteiger partial charge in [0.05, 0.1) is 37.5 Å². The third-order valence-electron chi connectivity index (χ3n) is 4.08. The first-order valence-electron chi connectivity index (χ1n) is 7.14. The van der Waals surface area contributed by atoms with Gasteiger partial charge < -0.3 is 10.4 Å². The van der Waals surface area contributed by atoms with E-state index < -0.39 is 11.0 Å². The molecule has 0 radical (unpaired) electrons. The van der Waals surface area contributed by atoms with Gasteiger partial charge in [0, 0.05) is 5.56 Å². The van der Waals surface area contributed by atoms with Crippen molar-refractivity contribution < 1.29 is 9.90 Å². The minimum Gasteiger partial charge on any atom is -0.394 e. The van der Waals surface area contributed by atoms with Gasteiger partial charge in [-0.1, -0.05) is 36.9 Å². The second-order valence-corrected chi connectivity index (χ2v) is 6.47. The molecular formula is C18H26NO2+. The van der Waals surface area contributed by atoms with Crippen LogP contribution in [0.3, 0.4) is 0 Å². The molecule has 3 nitrogen and oxygen atoms in total. The Labute approximate surface area is 128 Å². The molecule has 0 saturated carbocycles. The Morgan fingerprint density at radius 2 is 1.76 bits per heavy atom. The molecule has 0 aliphatic heterocycles. The van der Waals surface area contributed by atoms with E-state index in [1.54, 1.807) is 13.8 Å². The summed E-state index contributed by atoms with van der Waals surface area (Å²) >= 11 is 0. The van der Waals surface area contributed by atoms with E-state index in [-0.39, 0.29) is 12.5 Å². The van der Waals surface area contributed by atoms with Gasteiger partial charge >= 0.3 is 0 Å². The van der Waals surface area contributed by atoms with Gasteiger partial charge in [-0.25, -0.2) is 0 Å². The fourth-order valence-electron chi connectivity index (χ4n) is 2.19. The van der Waals surface area contributed by atoms with Crippen LogP contribution in [0.1, 0.15) is 40.2 Å². The summed E-state index contributed by atoms with van der Waals surface area (Å²) in [6, 6.07) is 9.87. The Hall–Kier alpha value is -1.74. The lowest BCUT2D eigenvalue weighted by molar-refractivity contribution is -0.120. The normalized spacial score (nSPS) is 14.2. The van der Waals surface area contributed by atoms with Crippen LogP contribution in [0.2, 0.25) is 0 Å². The van der Waals surface area contributed by atoms with E-state index in [1.165, 1.54) is 0 Å². The summed E-state index contributed by atoms with van der Waals surface area (Å²) in [4.78, 5) is 12.5. The van der Waals surface area contributed by atoms with Crippen molar-refractivity contribution in [2.24, 2.45) is 0 Å². The average Bonchev–Trinajstić information content (AvgIpc) is 2.45. The second-order valence-electron chi connectivity index (χ2n) is 6.47. The Kier molecular flexibility index (Phi) is 5.24. The number of hydrogen-bond donors (Lipinski definition) is 2. The molecule has 0 heterocycles. The van der Waals surface area contributed by atoms with E-state index in [2.05, 4.69) is 11.9 Å². The standard InChI is InChI=1S/C18H25NO2/c1-13(2)18(6,15-10-8-7-9-11-15)14(3)16(21)19-17(4,5)12-20/h7-11,20H,3,12H2,1-2,4-6H3/p+1. The van der Waals surface area contributed by atoms with E-state index in [4.69, 9.17) is 0 Å². The van der Waals surface area contributed by atoms with Crippen molar-refractivity contribution in [3.63, 3.8) is 0 Å². The molecule has 0 aliphatic carbocycles. The van der Waals surface area contributed by atoms with Crippen LogP contribution in [0.15, 0.2) is 42.5 Å². The van der Waals surface area contributed by atoms with Crippen LogP contribution in [-0.2, 0) is 10.2 Å². The van der Waals surface area contributed by atoms with Gasteiger partial charge in [0.1, 0.15) is 0 Å². The Bertz CT molecular complexity index is 505. The summed E-state index contributed by atoms with van der Waals surface area (Å²) in [7, 11) is 0. The summed E-state index contributed by atoms with van der Waals surface area (Å²) in [5.41, 5.74) is 0.318. The third kappa shape index (κ3) is 3.67. The highest BCUT2D eigenvalue weighted by Gasteiger charge is 2.46. The lowest BCUT2D eigenvalue weighted by Crippen LogP contribution is -2.49. The van der Waals surface area contributed by atoms with Crippen molar-refractivity contribution in [3.8, 4) is 0 Å². The van der Waals surface area contributed by atoms with Crippen LogP contribution < -0.4 is 5.32 Å². The maximum absolute atomic E-state index is 12.5. The number of hydrogen-bond acceptors (Lipinski definition) is 2. The van der Waals surface area contributed by atoms with E-state index in [9.17, 15) is 9.90 Å². The number of benzene rings is 1. The number of aliphatic hydroxyl groups is 1.